The lowest BCUT2D eigenvalue weighted by Gasteiger charge is -2.45. The molecule has 0 spiro atoms. The summed E-state index contributed by atoms with van der Waals surface area (Å²) in [5.74, 6) is 0.547. The van der Waals surface area contributed by atoms with E-state index >= 15 is 0 Å². The molecule has 1 atom stereocenters. The largest absolute Gasteiger partial charge is 0.468 e. The van der Waals surface area contributed by atoms with E-state index in [1.165, 1.54) is 5.56 Å². The van der Waals surface area contributed by atoms with Gasteiger partial charge in [-0.25, -0.2) is 0 Å². The summed E-state index contributed by atoms with van der Waals surface area (Å²) in [5.41, 5.74) is 1.44. The highest BCUT2D eigenvalue weighted by Gasteiger charge is 2.50. The molecule has 1 fully saturated rings. The van der Waals surface area contributed by atoms with Crippen LogP contribution in [0.25, 0.3) is 0 Å². The van der Waals surface area contributed by atoms with E-state index < -0.39 is 0 Å². The third-order valence-corrected chi connectivity index (χ3v) is 4.97. The van der Waals surface area contributed by atoms with Gasteiger partial charge in [0.15, 0.2) is 0 Å². The molecule has 1 aliphatic heterocycles. The summed E-state index contributed by atoms with van der Waals surface area (Å²) in [4.78, 5) is 0. The lowest BCUT2D eigenvalue weighted by Crippen LogP contribution is -2.55. The summed E-state index contributed by atoms with van der Waals surface area (Å²) >= 11 is 0. The monoisotopic (exact) mass is 288 g/mol. The van der Waals surface area contributed by atoms with Crippen molar-refractivity contribution in [2.24, 2.45) is 11.3 Å². The molecule has 116 valence electrons. The molecular weight excluding hydrogens is 259 g/mol. The van der Waals surface area contributed by atoms with Crippen molar-refractivity contribution in [3.05, 3.63) is 35.9 Å². The zero-order valence-electron chi connectivity index (χ0n) is 14.2. The Balaban J connectivity index is 2.33. The van der Waals surface area contributed by atoms with Gasteiger partial charge >= 0.3 is 7.12 Å². The molecule has 1 aromatic rings. The molecule has 0 aliphatic carbocycles. The minimum atomic E-state index is -0.155. The van der Waals surface area contributed by atoms with Crippen LogP contribution < -0.4 is 0 Å². The number of benzene rings is 1. The molecular formula is C18H29BO2. The smallest absolute Gasteiger partial charge is 0.410 e. The van der Waals surface area contributed by atoms with Crippen molar-refractivity contribution in [2.45, 2.75) is 52.8 Å². The first-order valence-corrected chi connectivity index (χ1v) is 8.22. The standard InChI is InChI=1S/C18H29BO2/c1-6-15(7-2)18(5,16-11-9-8-10-12-16)19-20-13-17(3,4)14-21-19/h8-12,15H,6-7,13-14H2,1-5H3. The molecule has 1 aromatic carbocycles. The van der Waals surface area contributed by atoms with Gasteiger partial charge in [-0.2, -0.15) is 0 Å². The number of hydrogen-bond donors (Lipinski definition) is 0. The topological polar surface area (TPSA) is 18.5 Å². The second kappa shape index (κ2) is 6.54. The van der Waals surface area contributed by atoms with Gasteiger partial charge in [0.25, 0.3) is 0 Å². The first-order valence-electron chi connectivity index (χ1n) is 8.22. The second-order valence-electron chi connectivity index (χ2n) is 7.28. The Labute approximate surface area is 130 Å². The average Bonchev–Trinajstić information content (AvgIpc) is 2.49. The molecule has 0 N–H and O–H groups in total. The number of rotatable bonds is 5. The molecule has 0 bridgehead atoms. The maximum absolute atomic E-state index is 6.18. The van der Waals surface area contributed by atoms with Gasteiger partial charge in [-0.1, -0.05) is 77.8 Å². The molecule has 1 aliphatic rings. The molecule has 0 aromatic heterocycles. The quantitative estimate of drug-likeness (QED) is 0.744. The number of hydrogen-bond acceptors (Lipinski definition) is 2. The average molecular weight is 288 g/mol. The van der Waals surface area contributed by atoms with Gasteiger partial charge in [0.1, 0.15) is 0 Å². The summed E-state index contributed by atoms with van der Waals surface area (Å²) in [5, 5.41) is -0.0960. The third kappa shape index (κ3) is 3.35. The van der Waals surface area contributed by atoms with E-state index in [0.29, 0.717) is 5.92 Å². The van der Waals surface area contributed by atoms with Gasteiger partial charge in [-0.3, -0.25) is 0 Å². The van der Waals surface area contributed by atoms with Crippen molar-refractivity contribution < 1.29 is 9.31 Å². The highest BCUT2D eigenvalue weighted by molar-refractivity contribution is 6.49. The first kappa shape index (κ1) is 16.6. The summed E-state index contributed by atoms with van der Waals surface area (Å²) < 4.78 is 12.4. The lowest BCUT2D eigenvalue weighted by atomic mass is 9.47. The fourth-order valence-electron chi connectivity index (χ4n) is 3.54. The van der Waals surface area contributed by atoms with Gasteiger partial charge in [0.05, 0.1) is 0 Å². The van der Waals surface area contributed by atoms with Crippen molar-refractivity contribution in [2.75, 3.05) is 13.2 Å². The normalized spacial score (nSPS) is 21.3. The van der Waals surface area contributed by atoms with Crippen molar-refractivity contribution in [1.29, 1.82) is 0 Å². The molecule has 0 radical (unpaired) electrons. The van der Waals surface area contributed by atoms with Gasteiger partial charge < -0.3 is 9.31 Å². The minimum absolute atomic E-state index is 0.0960. The SMILES string of the molecule is CCC(CC)C(C)(B1OCC(C)(C)CO1)c1ccccc1. The van der Waals surface area contributed by atoms with E-state index in [0.717, 1.165) is 26.1 Å². The Hall–Kier alpha value is -0.795. The Morgan fingerprint density at radius 2 is 1.62 bits per heavy atom. The van der Waals surface area contributed by atoms with E-state index in [4.69, 9.17) is 9.31 Å². The van der Waals surface area contributed by atoms with Gasteiger partial charge in [-0.05, 0) is 11.5 Å². The van der Waals surface area contributed by atoms with Crippen LogP contribution in [-0.4, -0.2) is 20.3 Å². The van der Waals surface area contributed by atoms with E-state index in [1.807, 2.05) is 0 Å². The van der Waals surface area contributed by atoms with Crippen LogP contribution in [0.15, 0.2) is 30.3 Å². The summed E-state index contributed by atoms with van der Waals surface area (Å²) in [6, 6.07) is 10.7. The highest BCUT2D eigenvalue weighted by Crippen LogP contribution is 2.41. The van der Waals surface area contributed by atoms with Crippen LogP contribution in [0.2, 0.25) is 0 Å². The van der Waals surface area contributed by atoms with Gasteiger partial charge in [0, 0.05) is 23.9 Å². The summed E-state index contributed by atoms with van der Waals surface area (Å²) in [7, 11) is -0.155. The Bertz CT molecular complexity index is 432. The maximum atomic E-state index is 6.18. The van der Waals surface area contributed by atoms with Crippen LogP contribution in [0, 0.1) is 11.3 Å². The van der Waals surface area contributed by atoms with Crippen LogP contribution in [-0.2, 0) is 14.6 Å². The molecule has 2 nitrogen and oxygen atoms in total. The van der Waals surface area contributed by atoms with Crippen LogP contribution >= 0.6 is 0 Å². The van der Waals surface area contributed by atoms with Crippen molar-refractivity contribution >= 4 is 7.12 Å². The van der Waals surface area contributed by atoms with Crippen molar-refractivity contribution in [3.8, 4) is 0 Å². The molecule has 0 saturated carbocycles. The Morgan fingerprint density at radius 3 is 2.10 bits per heavy atom. The van der Waals surface area contributed by atoms with Crippen molar-refractivity contribution in [1.82, 2.24) is 0 Å². The van der Waals surface area contributed by atoms with Crippen LogP contribution in [0.4, 0.5) is 0 Å². The van der Waals surface area contributed by atoms with E-state index in [-0.39, 0.29) is 17.8 Å². The predicted octanol–water partition coefficient (Wildman–Crippen LogP) is 4.48. The summed E-state index contributed by atoms with van der Waals surface area (Å²) in [6.45, 7) is 12.8. The van der Waals surface area contributed by atoms with E-state index in [1.54, 1.807) is 0 Å². The van der Waals surface area contributed by atoms with Crippen LogP contribution in [0.1, 0.15) is 53.0 Å². The maximum Gasteiger partial charge on any atom is 0.468 e. The molecule has 1 saturated heterocycles. The Morgan fingerprint density at radius 1 is 1.10 bits per heavy atom. The molecule has 0 amide bonds. The van der Waals surface area contributed by atoms with E-state index in [9.17, 15) is 0 Å². The minimum Gasteiger partial charge on any atom is -0.410 e. The lowest BCUT2D eigenvalue weighted by molar-refractivity contribution is 0.0122. The fraction of sp³-hybridized carbons (Fsp3) is 0.667. The van der Waals surface area contributed by atoms with Crippen molar-refractivity contribution in [3.63, 3.8) is 0 Å². The highest BCUT2D eigenvalue weighted by atomic mass is 16.6. The third-order valence-electron chi connectivity index (χ3n) is 4.97. The first-order chi connectivity index (χ1) is 9.94. The molecule has 2 rings (SSSR count). The zero-order valence-corrected chi connectivity index (χ0v) is 14.2. The molecule has 1 unspecified atom stereocenters. The molecule has 3 heteroatoms. The van der Waals surface area contributed by atoms with Crippen LogP contribution in [0.5, 0.6) is 0 Å². The van der Waals surface area contributed by atoms with Crippen LogP contribution in [0.3, 0.4) is 0 Å². The van der Waals surface area contributed by atoms with E-state index in [2.05, 4.69) is 65.0 Å². The second-order valence-corrected chi connectivity index (χ2v) is 7.28. The van der Waals surface area contributed by atoms with Gasteiger partial charge in [-0.15, -0.1) is 0 Å². The predicted molar refractivity (Wildman–Crippen MR) is 89.3 cm³/mol. The van der Waals surface area contributed by atoms with Gasteiger partial charge in [0.2, 0.25) is 0 Å². The molecule has 1 heterocycles. The fourth-order valence-corrected chi connectivity index (χ4v) is 3.54. The zero-order chi connectivity index (χ0) is 15.5. The molecule has 21 heavy (non-hydrogen) atoms. The summed E-state index contributed by atoms with van der Waals surface area (Å²) in [6.07, 6.45) is 2.27. The Kier molecular flexibility index (Phi) is 5.16.